The van der Waals surface area contributed by atoms with Crippen molar-refractivity contribution >= 4 is 0 Å². The zero-order chi connectivity index (χ0) is 11.5. The Bertz CT molecular complexity index is 534. The molecule has 4 heteroatoms. The summed E-state index contributed by atoms with van der Waals surface area (Å²) < 4.78 is 1.75. The van der Waals surface area contributed by atoms with Crippen LogP contribution in [0.3, 0.4) is 0 Å². The summed E-state index contributed by atoms with van der Waals surface area (Å²) in [5.41, 5.74) is 7.80. The van der Waals surface area contributed by atoms with E-state index in [1.165, 1.54) is 0 Å². The van der Waals surface area contributed by atoms with Crippen molar-refractivity contribution in [3.05, 3.63) is 48.0 Å². The van der Waals surface area contributed by atoms with E-state index < -0.39 is 0 Å². The fourth-order valence-corrected chi connectivity index (χ4v) is 1.67. The molecule has 2 N–H and O–H groups in total. The first kappa shape index (κ1) is 10.4. The lowest BCUT2D eigenvalue weighted by atomic mass is 10.1. The van der Waals surface area contributed by atoms with E-state index in [1.54, 1.807) is 17.0 Å². The van der Waals surface area contributed by atoms with Gasteiger partial charge in [-0.1, -0.05) is 18.2 Å². The van der Waals surface area contributed by atoms with Gasteiger partial charge in [0.05, 0.1) is 5.69 Å². The number of hydrogen-bond donors (Lipinski definition) is 1. The summed E-state index contributed by atoms with van der Waals surface area (Å²) in [6.07, 6.45) is 3.37. The van der Waals surface area contributed by atoms with Gasteiger partial charge in [-0.05, 0) is 18.6 Å². The van der Waals surface area contributed by atoms with Gasteiger partial charge >= 0.3 is 0 Å². The van der Waals surface area contributed by atoms with E-state index in [0.717, 1.165) is 11.3 Å². The van der Waals surface area contributed by atoms with Gasteiger partial charge in [-0.2, -0.15) is 5.26 Å². The monoisotopic (exact) mass is 212 g/mol. The molecule has 0 saturated heterocycles. The van der Waals surface area contributed by atoms with Crippen LogP contribution in [-0.2, 0) is 0 Å². The van der Waals surface area contributed by atoms with Crippen molar-refractivity contribution in [1.29, 1.82) is 5.26 Å². The van der Waals surface area contributed by atoms with Crippen molar-refractivity contribution in [2.75, 3.05) is 0 Å². The van der Waals surface area contributed by atoms with Gasteiger partial charge in [0.1, 0.15) is 6.07 Å². The van der Waals surface area contributed by atoms with E-state index in [-0.39, 0.29) is 6.04 Å². The molecule has 0 aliphatic rings. The first-order valence-corrected chi connectivity index (χ1v) is 5.02. The minimum absolute atomic E-state index is 0.0786. The molecule has 16 heavy (non-hydrogen) atoms. The normalized spacial score (nSPS) is 12.1. The summed E-state index contributed by atoms with van der Waals surface area (Å²) in [6, 6.07) is 9.72. The number of benzene rings is 1. The van der Waals surface area contributed by atoms with Gasteiger partial charge in [-0.25, -0.2) is 4.98 Å². The number of nitrogens with two attached hydrogens (primary N) is 1. The van der Waals surface area contributed by atoms with Crippen molar-refractivity contribution in [3.8, 4) is 11.8 Å². The van der Waals surface area contributed by atoms with E-state index in [1.807, 2.05) is 31.2 Å². The zero-order valence-corrected chi connectivity index (χ0v) is 8.96. The molecule has 0 radical (unpaired) electrons. The van der Waals surface area contributed by atoms with Crippen LogP contribution >= 0.6 is 0 Å². The van der Waals surface area contributed by atoms with E-state index in [2.05, 4.69) is 11.1 Å². The molecule has 0 saturated carbocycles. The summed E-state index contributed by atoms with van der Waals surface area (Å²) in [4.78, 5) is 3.97. The highest BCUT2D eigenvalue weighted by Crippen LogP contribution is 2.20. The quantitative estimate of drug-likeness (QED) is 0.824. The van der Waals surface area contributed by atoms with E-state index in [4.69, 9.17) is 11.0 Å². The molecule has 1 atom stereocenters. The first-order chi connectivity index (χ1) is 7.74. The third-order valence-corrected chi connectivity index (χ3v) is 2.43. The summed E-state index contributed by atoms with van der Waals surface area (Å²) in [6.45, 7) is 1.92. The van der Waals surface area contributed by atoms with Crippen LogP contribution in [0.4, 0.5) is 0 Å². The maximum absolute atomic E-state index is 8.93. The van der Waals surface area contributed by atoms with E-state index in [0.29, 0.717) is 5.82 Å². The van der Waals surface area contributed by atoms with Crippen LogP contribution in [0.25, 0.3) is 5.69 Å². The van der Waals surface area contributed by atoms with Crippen LogP contribution in [0.2, 0.25) is 0 Å². The van der Waals surface area contributed by atoms with E-state index >= 15 is 0 Å². The topological polar surface area (TPSA) is 67.6 Å². The number of aromatic nitrogens is 2. The predicted molar refractivity (Wildman–Crippen MR) is 60.9 cm³/mol. The Hall–Kier alpha value is -2.12. The molecule has 1 heterocycles. The van der Waals surface area contributed by atoms with Crippen LogP contribution in [0.5, 0.6) is 0 Å². The van der Waals surface area contributed by atoms with Gasteiger partial charge in [0.15, 0.2) is 0 Å². The number of imidazole rings is 1. The highest BCUT2D eigenvalue weighted by molar-refractivity contribution is 5.44. The summed E-state index contributed by atoms with van der Waals surface area (Å²) in [5.74, 6) is 0.369. The first-order valence-electron chi connectivity index (χ1n) is 5.02. The van der Waals surface area contributed by atoms with E-state index in [9.17, 15) is 0 Å². The molecule has 1 aromatic heterocycles. The van der Waals surface area contributed by atoms with Crippen LogP contribution in [-0.4, -0.2) is 9.55 Å². The van der Waals surface area contributed by atoms with Gasteiger partial charge in [-0.15, -0.1) is 0 Å². The molecular weight excluding hydrogens is 200 g/mol. The molecule has 0 aliphatic carbocycles. The Labute approximate surface area is 94.0 Å². The molecule has 0 fully saturated rings. The molecule has 2 rings (SSSR count). The summed E-state index contributed by atoms with van der Waals surface area (Å²) >= 11 is 0. The molecule has 4 nitrogen and oxygen atoms in total. The second kappa shape index (κ2) is 4.17. The van der Waals surface area contributed by atoms with Crippen LogP contribution in [0, 0.1) is 11.3 Å². The van der Waals surface area contributed by atoms with Gasteiger partial charge in [-0.3, -0.25) is 4.57 Å². The third kappa shape index (κ3) is 1.69. The van der Waals surface area contributed by atoms with Gasteiger partial charge in [0, 0.05) is 18.4 Å². The molecular formula is C12H12N4. The third-order valence-electron chi connectivity index (χ3n) is 2.43. The fourth-order valence-electron chi connectivity index (χ4n) is 1.67. The maximum atomic E-state index is 8.93. The van der Waals surface area contributed by atoms with Gasteiger partial charge in [0.25, 0.3) is 0 Å². The Morgan fingerprint density at radius 3 is 2.88 bits per heavy atom. The number of hydrogen-bond acceptors (Lipinski definition) is 3. The van der Waals surface area contributed by atoms with Crippen molar-refractivity contribution in [1.82, 2.24) is 9.55 Å². The van der Waals surface area contributed by atoms with Gasteiger partial charge in [0.2, 0.25) is 5.82 Å². The molecule has 0 spiro atoms. The molecule has 0 amide bonds. The average molecular weight is 212 g/mol. The van der Waals surface area contributed by atoms with Crippen LogP contribution in [0.15, 0.2) is 36.7 Å². The van der Waals surface area contributed by atoms with Crippen LogP contribution in [0.1, 0.15) is 24.4 Å². The summed E-state index contributed by atoms with van der Waals surface area (Å²) in [5, 5.41) is 8.93. The standard InChI is InChI=1S/C12H12N4/c1-9(14)10-4-2-3-5-11(10)16-7-6-15-12(16)8-13/h2-7,9H,14H2,1H3/t9-/m1/s1. The lowest BCUT2D eigenvalue weighted by molar-refractivity contribution is 0.802. The summed E-state index contributed by atoms with van der Waals surface area (Å²) in [7, 11) is 0. The number of rotatable bonds is 2. The maximum Gasteiger partial charge on any atom is 0.217 e. The molecule has 1 aromatic carbocycles. The number of para-hydroxylation sites is 1. The van der Waals surface area contributed by atoms with Crippen molar-refractivity contribution < 1.29 is 0 Å². The SMILES string of the molecule is C[C@@H](N)c1ccccc1-n1ccnc1C#N. The van der Waals surface area contributed by atoms with Gasteiger partial charge < -0.3 is 5.73 Å². The minimum Gasteiger partial charge on any atom is -0.324 e. The minimum atomic E-state index is -0.0786. The molecule has 0 unspecified atom stereocenters. The lowest BCUT2D eigenvalue weighted by Crippen LogP contribution is -2.10. The molecule has 2 aromatic rings. The highest BCUT2D eigenvalue weighted by atomic mass is 15.1. The fraction of sp³-hybridized carbons (Fsp3) is 0.167. The number of nitriles is 1. The molecule has 0 aliphatic heterocycles. The zero-order valence-electron chi connectivity index (χ0n) is 8.96. The van der Waals surface area contributed by atoms with Crippen molar-refractivity contribution in [2.24, 2.45) is 5.73 Å². The van der Waals surface area contributed by atoms with Crippen molar-refractivity contribution in [2.45, 2.75) is 13.0 Å². The lowest BCUT2D eigenvalue weighted by Gasteiger charge is -2.13. The van der Waals surface area contributed by atoms with Crippen LogP contribution < -0.4 is 5.73 Å². The Kier molecular flexibility index (Phi) is 2.71. The highest BCUT2D eigenvalue weighted by Gasteiger charge is 2.10. The second-order valence-corrected chi connectivity index (χ2v) is 3.58. The smallest absolute Gasteiger partial charge is 0.217 e. The Morgan fingerprint density at radius 1 is 1.44 bits per heavy atom. The second-order valence-electron chi connectivity index (χ2n) is 3.58. The number of nitrogens with zero attached hydrogens (tertiary/aromatic N) is 3. The van der Waals surface area contributed by atoms with Crippen molar-refractivity contribution in [3.63, 3.8) is 0 Å². The Balaban J connectivity index is 2.61. The average Bonchev–Trinajstić information content (AvgIpc) is 2.76. The molecule has 0 bridgehead atoms. The predicted octanol–water partition coefficient (Wildman–Crippen LogP) is 1.76. The molecule has 80 valence electrons. The Morgan fingerprint density at radius 2 is 2.19 bits per heavy atom. The largest absolute Gasteiger partial charge is 0.324 e.